The van der Waals surface area contributed by atoms with Gasteiger partial charge in [-0.2, -0.15) is 0 Å². The van der Waals surface area contributed by atoms with Gasteiger partial charge in [0.25, 0.3) is 0 Å². The molecule has 2 N–H and O–H groups in total. The van der Waals surface area contributed by atoms with E-state index in [1.54, 1.807) is 12.5 Å². The number of benzene rings is 1. The normalized spacial score (nSPS) is 10.7. The van der Waals surface area contributed by atoms with Gasteiger partial charge in [0.15, 0.2) is 0 Å². The van der Waals surface area contributed by atoms with Crippen LogP contribution in [0.5, 0.6) is 0 Å². The molecule has 0 fully saturated rings. The smallest absolute Gasteiger partial charge is 0.129 e. The van der Waals surface area contributed by atoms with E-state index < -0.39 is 0 Å². The van der Waals surface area contributed by atoms with E-state index in [4.69, 9.17) is 0 Å². The molecule has 0 bridgehead atoms. The summed E-state index contributed by atoms with van der Waals surface area (Å²) < 4.78 is 0. The second kappa shape index (κ2) is 4.87. The summed E-state index contributed by atoms with van der Waals surface area (Å²) in [4.78, 5) is 11.3. The van der Waals surface area contributed by atoms with E-state index in [1.807, 2.05) is 12.3 Å². The van der Waals surface area contributed by atoms with Crippen molar-refractivity contribution in [2.45, 2.75) is 6.42 Å². The van der Waals surface area contributed by atoms with Crippen LogP contribution >= 0.6 is 0 Å². The predicted octanol–water partition coefficient (Wildman–Crippen LogP) is 2.61. The van der Waals surface area contributed by atoms with Gasteiger partial charge in [-0.05, 0) is 30.2 Å². The lowest BCUT2D eigenvalue weighted by Crippen LogP contribution is -2.06. The van der Waals surface area contributed by atoms with Crippen LogP contribution in [0.2, 0.25) is 0 Å². The Morgan fingerprint density at radius 3 is 3.06 bits per heavy atom. The molecule has 2 heterocycles. The third kappa shape index (κ3) is 2.18. The predicted molar refractivity (Wildman–Crippen MR) is 72.5 cm³/mol. The fourth-order valence-corrected chi connectivity index (χ4v) is 2.09. The topological polar surface area (TPSA) is 53.6 Å². The molecule has 0 aliphatic rings. The highest BCUT2D eigenvalue weighted by molar-refractivity contribution is 5.82. The number of nitrogens with one attached hydrogen (secondary N) is 2. The van der Waals surface area contributed by atoms with Crippen LogP contribution in [0.4, 0.5) is 5.82 Å². The minimum atomic E-state index is 0.862. The maximum Gasteiger partial charge on any atom is 0.129 e. The molecule has 90 valence electrons. The Balaban J connectivity index is 1.68. The fourth-order valence-electron chi connectivity index (χ4n) is 2.09. The van der Waals surface area contributed by atoms with Gasteiger partial charge in [0.05, 0.1) is 0 Å². The summed E-state index contributed by atoms with van der Waals surface area (Å²) in [6.07, 6.45) is 6.24. The second-order valence-electron chi connectivity index (χ2n) is 4.13. The average molecular weight is 238 g/mol. The molecule has 0 saturated heterocycles. The van der Waals surface area contributed by atoms with Gasteiger partial charge < -0.3 is 10.3 Å². The van der Waals surface area contributed by atoms with E-state index >= 15 is 0 Å². The average Bonchev–Trinajstić information content (AvgIpc) is 2.89. The molecule has 3 rings (SSSR count). The molecule has 4 nitrogen and oxygen atoms in total. The molecule has 0 atom stereocenters. The lowest BCUT2D eigenvalue weighted by Gasteiger charge is -2.06. The summed E-state index contributed by atoms with van der Waals surface area (Å²) >= 11 is 0. The Labute approximate surface area is 105 Å². The Morgan fingerprint density at radius 1 is 1.17 bits per heavy atom. The number of aromatic nitrogens is 3. The Morgan fingerprint density at radius 2 is 2.17 bits per heavy atom. The largest absolute Gasteiger partial charge is 0.370 e. The van der Waals surface area contributed by atoms with E-state index in [9.17, 15) is 0 Å². The van der Waals surface area contributed by atoms with Crippen molar-refractivity contribution in [1.29, 1.82) is 0 Å². The van der Waals surface area contributed by atoms with Crippen LogP contribution in [0, 0.1) is 0 Å². The minimum absolute atomic E-state index is 0.862. The summed E-state index contributed by atoms with van der Waals surface area (Å²) in [7, 11) is 0. The van der Waals surface area contributed by atoms with Crippen molar-refractivity contribution in [3.05, 3.63) is 54.6 Å². The molecule has 0 aliphatic heterocycles. The van der Waals surface area contributed by atoms with Crippen LogP contribution in [0.1, 0.15) is 5.56 Å². The molecule has 0 spiro atoms. The van der Waals surface area contributed by atoms with Crippen LogP contribution in [-0.2, 0) is 6.42 Å². The number of anilines is 1. The standard InChI is InChI=1S/C14H14N4/c1-2-11(12-5-9-16-13(12)3-1)4-8-17-14-6-7-15-10-18-14/h1-3,5-7,9-10,16H,4,8H2,(H,15,17,18). The zero-order chi connectivity index (χ0) is 12.2. The quantitative estimate of drug-likeness (QED) is 0.734. The highest BCUT2D eigenvalue weighted by Gasteiger charge is 2.01. The first kappa shape index (κ1) is 10.8. The van der Waals surface area contributed by atoms with E-state index in [2.05, 4.69) is 44.5 Å². The lowest BCUT2D eigenvalue weighted by atomic mass is 10.1. The van der Waals surface area contributed by atoms with Crippen molar-refractivity contribution in [3.63, 3.8) is 0 Å². The van der Waals surface area contributed by atoms with Crippen molar-refractivity contribution in [3.8, 4) is 0 Å². The van der Waals surface area contributed by atoms with Crippen LogP contribution in [-0.4, -0.2) is 21.5 Å². The van der Waals surface area contributed by atoms with Crippen molar-refractivity contribution >= 4 is 16.7 Å². The number of H-pyrrole nitrogens is 1. The first-order chi connectivity index (χ1) is 8.93. The summed E-state index contributed by atoms with van der Waals surface area (Å²) in [6, 6.07) is 10.3. The molecule has 1 aromatic carbocycles. The molecule has 18 heavy (non-hydrogen) atoms. The van der Waals surface area contributed by atoms with Crippen LogP contribution in [0.25, 0.3) is 10.9 Å². The van der Waals surface area contributed by atoms with E-state index in [0.29, 0.717) is 0 Å². The molecule has 0 amide bonds. The highest BCUT2D eigenvalue weighted by Crippen LogP contribution is 2.17. The van der Waals surface area contributed by atoms with Gasteiger partial charge in [0, 0.05) is 29.8 Å². The van der Waals surface area contributed by atoms with Crippen LogP contribution in [0.3, 0.4) is 0 Å². The van der Waals surface area contributed by atoms with Crippen LogP contribution < -0.4 is 5.32 Å². The molecular weight excluding hydrogens is 224 g/mol. The molecule has 0 unspecified atom stereocenters. The summed E-state index contributed by atoms with van der Waals surface area (Å²) in [5.74, 6) is 0.867. The molecular formula is C14H14N4. The van der Waals surface area contributed by atoms with E-state index in [0.717, 1.165) is 18.8 Å². The number of hydrogen-bond acceptors (Lipinski definition) is 3. The van der Waals surface area contributed by atoms with E-state index in [1.165, 1.54) is 16.5 Å². The van der Waals surface area contributed by atoms with Gasteiger partial charge in [-0.1, -0.05) is 12.1 Å². The number of fused-ring (bicyclic) bond motifs is 1. The Hall–Kier alpha value is -2.36. The maximum atomic E-state index is 4.13. The first-order valence-corrected chi connectivity index (χ1v) is 5.98. The second-order valence-corrected chi connectivity index (χ2v) is 4.13. The zero-order valence-corrected chi connectivity index (χ0v) is 9.93. The van der Waals surface area contributed by atoms with Crippen molar-refractivity contribution in [1.82, 2.24) is 15.0 Å². The fraction of sp³-hybridized carbons (Fsp3) is 0.143. The summed E-state index contributed by atoms with van der Waals surface area (Å²) in [5.41, 5.74) is 2.53. The molecule has 4 heteroatoms. The Kier molecular flexibility index (Phi) is 2.92. The van der Waals surface area contributed by atoms with Crippen molar-refractivity contribution in [2.24, 2.45) is 0 Å². The van der Waals surface area contributed by atoms with Gasteiger partial charge in [-0.25, -0.2) is 9.97 Å². The van der Waals surface area contributed by atoms with Crippen molar-refractivity contribution < 1.29 is 0 Å². The van der Waals surface area contributed by atoms with Gasteiger partial charge in [0.2, 0.25) is 0 Å². The molecule has 3 aromatic rings. The van der Waals surface area contributed by atoms with E-state index in [-0.39, 0.29) is 0 Å². The summed E-state index contributed by atoms with van der Waals surface area (Å²) in [6.45, 7) is 0.862. The molecule has 0 radical (unpaired) electrons. The van der Waals surface area contributed by atoms with Crippen molar-refractivity contribution in [2.75, 3.05) is 11.9 Å². The number of rotatable bonds is 4. The lowest BCUT2D eigenvalue weighted by molar-refractivity contribution is 1.01. The van der Waals surface area contributed by atoms with Gasteiger partial charge in [0.1, 0.15) is 12.1 Å². The molecule has 0 saturated carbocycles. The van der Waals surface area contributed by atoms with Crippen LogP contribution in [0.15, 0.2) is 49.1 Å². The maximum absolute atomic E-state index is 4.13. The molecule has 2 aromatic heterocycles. The first-order valence-electron chi connectivity index (χ1n) is 5.98. The number of aromatic amines is 1. The molecule has 0 aliphatic carbocycles. The minimum Gasteiger partial charge on any atom is -0.370 e. The number of hydrogen-bond donors (Lipinski definition) is 2. The summed E-state index contributed by atoms with van der Waals surface area (Å²) in [5, 5.41) is 4.58. The zero-order valence-electron chi connectivity index (χ0n) is 9.93. The van der Waals surface area contributed by atoms with Gasteiger partial charge in [-0.15, -0.1) is 0 Å². The van der Waals surface area contributed by atoms with Gasteiger partial charge in [-0.3, -0.25) is 0 Å². The highest BCUT2D eigenvalue weighted by atomic mass is 15.0. The third-order valence-electron chi connectivity index (χ3n) is 2.97. The number of nitrogens with zero attached hydrogens (tertiary/aromatic N) is 2. The monoisotopic (exact) mass is 238 g/mol. The third-order valence-corrected chi connectivity index (χ3v) is 2.97. The Bertz CT molecular complexity index is 630. The van der Waals surface area contributed by atoms with Gasteiger partial charge >= 0.3 is 0 Å². The SMILES string of the molecule is c1cc(CCNc2ccncn2)c2cc[nH]c2c1.